The van der Waals surface area contributed by atoms with Gasteiger partial charge in [-0.1, -0.05) is 50.1 Å². The van der Waals surface area contributed by atoms with E-state index in [0.29, 0.717) is 6.61 Å². The fourth-order valence-electron chi connectivity index (χ4n) is 2.59. The summed E-state index contributed by atoms with van der Waals surface area (Å²) in [5.41, 5.74) is 0.998. The Labute approximate surface area is 109 Å². The first-order chi connectivity index (χ1) is 8.74. The van der Waals surface area contributed by atoms with E-state index in [4.69, 9.17) is 4.74 Å². The Kier molecular flexibility index (Phi) is 4.24. The van der Waals surface area contributed by atoms with Gasteiger partial charge in [-0.25, -0.2) is 4.79 Å². The number of benzene rings is 1. The van der Waals surface area contributed by atoms with Gasteiger partial charge in [0.2, 0.25) is 0 Å². The zero-order valence-electron chi connectivity index (χ0n) is 10.9. The average Bonchev–Trinajstić information content (AvgIpc) is 2.87. The molecule has 0 aliphatic heterocycles. The Morgan fingerprint density at radius 2 is 1.94 bits per heavy atom. The van der Waals surface area contributed by atoms with Crippen molar-refractivity contribution < 1.29 is 9.53 Å². The number of alkyl carbamates (subject to hydrolysis) is 1. The van der Waals surface area contributed by atoms with E-state index in [1.807, 2.05) is 30.3 Å². The molecule has 1 aliphatic rings. The number of rotatable bonds is 4. The van der Waals surface area contributed by atoms with Crippen LogP contribution in [0, 0.1) is 0 Å². The molecule has 98 valence electrons. The van der Waals surface area contributed by atoms with E-state index >= 15 is 0 Å². The molecule has 1 aromatic rings. The van der Waals surface area contributed by atoms with Crippen molar-refractivity contribution in [3.8, 4) is 0 Å². The smallest absolute Gasteiger partial charge is 0.407 e. The van der Waals surface area contributed by atoms with Gasteiger partial charge in [0.15, 0.2) is 0 Å². The highest BCUT2D eigenvalue weighted by Crippen LogP contribution is 2.32. The van der Waals surface area contributed by atoms with Crippen LogP contribution in [0.2, 0.25) is 0 Å². The number of ether oxygens (including phenoxy) is 1. The van der Waals surface area contributed by atoms with Crippen molar-refractivity contribution in [2.75, 3.05) is 0 Å². The van der Waals surface area contributed by atoms with Gasteiger partial charge in [0.25, 0.3) is 0 Å². The van der Waals surface area contributed by atoms with Gasteiger partial charge in [-0.05, 0) is 24.8 Å². The predicted octanol–water partition coefficient (Wildman–Crippen LogP) is 3.64. The summed E-state index contributed by atoms with van der Waals surface area (Å²) in [7, 11) is 0. The SMILES string of the molecule is CCC1(NC(=O)OCc2ccccc2)CCCC1. The van der Waals surface area contributed by atoms with Crippen molar-refractivity contribution in [3.05, 3.63) is 35.9 Å². The minimum atomic E-state index is -0.289. The molecule has 0 spiro atoms. The molecule has 0 bridgehead atoms. The summed E-state index contributed by atoms with van der Waals surface area (Å²) in [4.78, 5) is 11.8. The summed E-state index contributed by atoms with van der Waals surface area (Å²) in [6.07, 6.45) is 5.24. The van der Waals surface area contributed by atoms with Gasteiger partial charge < -0.3 is 10.1 Å². The van der Waals surface area contributed by atoms with Crippen LogP contribution in [0.4, 0.5) is 4.79 Å². The van der Waals surface area contributed by atoms with E-state index in [-0.39, 0.29) is 11.6 Å². The largest absolute Gasteiger partial charge is 0.445 e. The second-order valence-electron chi connectivity index (χ2n) is 5.03. The Balaban J connectivity index is 1.82. The minimum absolute atomic E-state index is 0.0201. The lowest BCUT2D eigenvalue weighted by Crippen LogP contribution is -2.45. The van der Waals surface area contributed by atoms with Crippen molar-refractivity contribution >= 4 is 6.09 Å². The van der Waals surface area contributed by atoms with Crippen LogP contribution in [0.3, 0.4) is 0 Å². The fourth-order valence-corrected chi connectivity index (χ4v) is 2.59. The van der Waals surface area contributed by atoms with E-state index in [1.165, 1.54) is 12.8 Å². The molecule has 1 aliphatic carbocycles. The van der Waals surface area contributed by atoms with E-state index in [1.54, 1.807) is 0 Å². The van der Waals surface area contributed by atoms with Crippen molar-refractivity contribution in [3.63, 3.8) is 0 Å². The Bertz CT molecular complexity index is 383. The molecule has 0 aromatic heterocycles. The molecule has 18 heavy (non-hydrogen) atoms. The molecule has 3 heteroatoms. The van der Waals surface area contributed by atoms with Crippen LogP contribution in [-0.4, -0.2) is 11.6 Å². The maximum Gasteiger partial charge on any atom is 0.407 e. The summed E-state index contributed by atoms with van der Waals surface area (Å²) in [6, 6.07) is 9.76. The van der Waals surface area contributed by atoms with Crippen LogP contribution in [0.1, 0.15) is 44.6 Å². The van der Waals surface area contributed by atoms with Crippen LogP contribution in [0.5, 0.6) is 0 Å². The van der Waals surface area contributed by atoms with E-state index < -0.39 is 0 Å². The average molecular weight is 247 g/mol. The van der Waals surface area contributed by atoms with Crippen LogP contribution < -0.4 is 5.32 Å². The molecule has 0 heterocycles. The van der Waals surface area contributed by atoms with Crippen LogP contribution in [0.25, 0.3) is 0 Å². The van der Waals surface area contributed by atoms with Gasteiger partial charge in [-0.15, -0.1) is 0 Å². The van der Waals surface area contributed by atoms with Gasteiger partial charge >= 0.3 is 6.09 Å². The summed E-state index contributed by atoms with van der Waals surface area (Å²) in [5, 5.41) is 3.05. The highest BCUT2D eigenvalue weighted by atomic mass is 16.5. The molecule has 1 aromatic carbocycles. The number of carbonyl (C=O) groups is 1. The molecule has 1 amide bonds. The Hall–Kier alpha value is -1.51. The molecule has 2 rings (SSSR count). The third-order valence-electron chi connectivity index (χ3n) is 3.82. The van der Waals surface area contributed by atoms with E-state index in [2.05, 4.69) is 12.2 Å². The summed E-state index contributed by atoms with van der Waals surface area (Å²) >= 11 is 0. The van der Waals surface area contributed by atoms with Crippen LogP contribution >= 0.6 is 0 Å². The monoisotopic (exact) mass is 247 g/mol. The third kappa shape index (κ3) is 3.25. The van der Waals surface area contributed by atoms with Gasteiger partial charge in [-0.2, -0.15) is 0 Å². The first-order valence-corrected chi connectivity index (χ1v) is 6.73. The minimum Gasteiger partial charge on any atom is -0.445 e. The van der Waals surface area contributed by atoms with E-state index in [9.17, 15) is 4.79 Å². The Morgan fingerprint density at radius 3 is 2.56 bits per heavy atom. The molecule has 0 unspecified atom stereocenters. The molecule has 1 N–H and O–H groups in total. The summed E-state index contributed by atoms with van der Waals surface area (Å²) in [6.45, 7) is 2.47. The van der Waals surface area contributed by atoms with Crippen LogP contribution in [0.15, 0.2) is 30.3 Å². The maximum atomic E-state index is 11.8. The second kappa shape index (κ2) is 5.89. The Morgan fingerprint density at radius 1 is 1.28 bits per heavy atom. The highest BCUT2D eigenvalue weighted by molar-refractivity contribution is 5.68. The third-order valence-corrected chi connectivity index (χ3v) is 3.82. The van der Waals surface area contributed by atoms with Gasteiger partial charge in [0.05, 0.1) is 0 Å². The first-order valence-electron chi connectivity index (χ1n) is 6.73. The zero-order chi connectivity index (χ0) is 12.8. The van der Waals surface area contributed by atoms with Gasteiger partial charge in [0, 0.05) is 5.54 Å². The van der Waals surface area contributed by atoms with Gasteiger partial charge in [0.1, 0.15) is 6.61 Å². The second-order valence-corrected chi connectivity index (χ2v) is 5.03. The molecule has 0 radical (unpaired) electrons. The number of hydrogen-bond acceptors (Lipinski definition) is 2. The van der Waals surface area contributed by atoms with E-state index in [0.717, 1.165) is 24.8 Å². The van der Waals surface area contributed by atoms with Crippen molar-refractivity contribution in [1.82, 2.24) is 5.32 Å². The van der Waals surface area contributed by atoms with Crippen LogP contribution in [-0.2, 0) is 11.3 Å². The van der Waals surface area contributed by atoms with Crippen molar-refractivity contribution in [2.45, 2.75) is 51.2 Å². The number of amides is 1. The molecular formula is C15H21NO2. The number of hydrogen-bond donors (Lipinski definition) is 1. The lowest BCUT2D eigenvalue weighted by molar-refractivity contribution is 0.125. The molecule has 1 fully saturated rings. The first kappa shape index (κ1) is 12.9. The highest BCUT2D eigenvalue weighted by Gasteiger charge is 2.33. The number of carbonyl (C=O) groups excluding carboxylic acids is 1. The van der Waals surface area contributed by atoms with Crippen molar-refractivity contribution in [1.29, 1.82) is 0 Å². The summed E-state index contributed by atoms with van der Waals surface area (Å²) < 4.78 is 5.27. The standard InChI is InChI=1S/C15H21NO2/c1-2-15(10-6-7-11-15)16-14(17)18-12-13-8-4-3-5-9-13/h3-5,8-9H,2,6-7,10-12H2,1H3,(H,16,17). The van der Waals surface area contributed by atoms with Crippen molar-refractivity contribution in [2.24, 2.45) is 0 Å². The lowest BCUT2D eigenvalue weighted by atomic mass is 9.95. The lowest BCUT2D eigenvalue weighted by Gasteiger charge is -2.28. The summed E-state index contributed by atoms with van der Waals surface area (Å²) in [5.74, 6) is 0. The molecule has 1 saturated carbocycles. The zero-order valence-corrected chi connectivity index (χ0v) is 10.9. The predicted molar refractivity (Wildman–Crippen MR) is 71.3 cm³/mol. The van der Waals surface area contributed by atoms with Gasteiger partial charge in [-0.3, -0.25) is 0 Å². The molecular weight excluding hydrogens is 226 g/mol. The molecule has 3 nitrogen and oxygen atoms in total. The quantitative estimate of drug-likeness (QED) is 0.882. The topological polar surface area (TPSA) is 38.3 Å². The molecule has 0 atom stereocenters. The fraction of sp³-hybridized carbons (Fsp3) is 0.533. The maximum absolute atomic E-state index is 11.8. The molecule has 0 saturated heterocycles. The normalized spacial score (nSPS) is 17.4. The number of nitrogens with one attached hydrogen (secondary N) is 1.